The number of aromatic nitrogens is 2. The summed E-state index contributed by atoms with van der Waals surface area (Å²) in [6.07, 6.45) is 2.95. The van der Waals surface area contributed by atoms with Crippen LogP contribution in [-0.4, -0.2) is 34.7 Å². The average molecular weight is 326 g/mol. The molecule has 2 amide bonds. The van der Waals surface area contributed by atoms with Gasteiger partial charge in [0.15, 0.2) is 0 Å². The summed E-state index contributed by atoms with van der Waals surface area (Å²) >= 11 is 0. The van der Waals surface area contributed by atoms with Crippen molar-refractivity contribution in [3.63, 3.8) is 0 Å². The van der Waals surface area contributed by atoms with Gasteiger partial charge < -0.3 is 15.4 Å². The van der Waals surface area contributed by atoms with Crippen LogP contribution in [0.15, 0.2) is 30.5 Å². The highest BCUT2D eigenvalue weighted by Crippen LogP contribution is 2.28. The molecule has 3 N–H and O–H groups in total. The van der Waals surface area contributed by atoms with Crippen LogP contribution >= 0.6 is 0 Å². The number of benzene rings is 1. The van der Waals surface area contributed by atoms with Gasteiger partial charge in [0, 0.05) is 18.5 Å². The highest BCUT2D eigenvalue weighted by atomic mass is 16.5. The van der Waals surface area contributed by atoms with Gasteiger partial charge in [-0.15, -0.1) is 0 Å². The van der Waals surface area contributed by atoms with Gasteiger partial charge >= 0.3 is 0 Å². The second-order valence-electron chi connectivity index (χ2n) is 6.16. The lowest BCUT2D eigenvalue weighted by molar-refractivity contribution is -0.121. The van der Waals surface area contributed by atoms with Crippen LogP contribution in [0.25, 0.3) is 0 Å². The van der Waals surface area contributed by atoms with Gasteiger partial charge in [0.25, 0.3) is 0 Å². The lowest BCUT2D eigenvalue weighted by Crippen LogP contribution is -2.37. The molecule has 2 atom stereocenters. The van der Waals surface area contributed by atoms with Crippen molar-refractivity contribution < 1.29 is 14.3 Å². The number of H-pyrrole nitrogens is 1. The van der Waals surface area contributed by atoms with Crippen LogP contribution in [0.5, 0.6) is 0 Å². The predicted octanol–water partition coefficient (Wildman–Crippen LogP) is 1.09. The van der Waals surface area contributed by atoms with Gasteiger partial charge in [-0.25, -0.2) is 0 Å². The van der Waals surface area contributed by atoms with Crippen LogP contribution in [0.3, 0.4) is 0 Å². The van der Waals surface area contributed by atoms with E-state index in [1.165, 1.54) is 0 Å². The molecule has 0 aliphatic carbocycles. The Bertz CT molecular complexity index is 772. The minimum Gasteiger partial charge on any atom is -0.370 e. The number of hydrogen-bond donors (Lipinski definition) is 3. The highest BCUT2D eigenvalue weighted by molar-refractivity contribution is 5.99. The van der Waals surface area contributed by atoms with Crippen LogP contribution in [0.2, 0.25) is 0 Å². The van der Waals surface area contributed by atoms with Gasteiger partial charge in [-0.05, 0) is 29.7 Å². The van der Waals surface area contributed by atoms with Crippen molar-refractivity contribution in [2.75, 3.05) is 11.9 Å². The molecule has 24 heavy (non-hydrogen) atoms. The molecular formula is C17H18N4O3. The smallest absolute Gasteiger partial charge is 0.228 e. The Labute approximate surface area is 138 Å². The highest BCUT2D eigenvalue weighted by Gasteiger charge is 2.31. The van der Waals surface area contributed by atoms with E-state index in [1.807, 2.05) is 24.3 Å². The molecule has 2 aromatic rings. The Kier molecular flexibility index (Phi) is 3.78. The van der Waals surface area contributed by atoms with Crippen LogP contribution in [0, 0.1) is 0 Å². The number of carbonyl (C=O) groups is 2. The molecule has 0 saturated carbocycles. The molecule has 2 aliphatic rings. The van der Waals surface area contributed by atoms with E-state index in [-0.39, 0.29) is 30.4 Å². The lowest BCUT2D eigenvalue weighted by atomic mass is 10.0. The quantitative estimate of drug-likeness (QED) is 0.784. The molecular weight excluding hydrogens is 308 g/mol. The van der Waals surface area contributed by atoms with E-state index in [2.05, 4.69) is 20.8 Å². The summed E-state index contributed by atoms with van der Waals surface area (Å²) in [6.45, 7) is 0.611. The molecule has 0 spiro atoms. The van der Waals surface area contributed by atoms with Crippen LogP contribution < -0.4 is 10.6 Å². The van der Waals surface area contributed by atoms with Crippen molar-refractivity contribution in [3.05, 3.63) is 47.3 Å². The number of carbonyl (C=O) groups excluding carboxylic acids is 2. The van der Waals surface area contributed by atoms with Gasteiger partial charge in [-0.1, -0.05) is 12.1 Å². The van der Waals surface area contributed by atoms with Crippen LogP contribution in [0.4, 0.5) is 5.69 Å². The number of aromatic amines is 1. The SMILES string of the molecule is O=C1Cc2ccc(CC(=O)N[C@@H]3CCO[C@H]3c3ccn[nH]3)cc2N1. The summed E-state index contributed by atoms with van der Waals surface area (Å²) in [5.41, 5.74) is 3.54. The van der Waals surface area contributed by atoms with Crippen molar-refractivity contribution in [2.45, 2.75) is 31.4 Å². The average Bonchev–Trinajstić information content (AvgIpc) is 3.25. The van der Waals surface area contributed by atoms with Gasteiger partial charge in [0.2, 0.25) is 11.8 Å². The second-order valence-corrected chi connectivity index (χ2v) is 6.16. The third kappa shape index (κ3) is 2.90. The number of rotatable bonds is 4. The fourth-order valence-electron chi connectivity index (χ4n) is 3.28. The molecule has 1 fully saturated rings. The first-order valence-electron chi connectivity index (χ1n) is 8.01. The maximum Gasteiger partial charge on any atom is 0.228 e. The first kappa shape index (κ1) is 14.9. The lowest BCUT2D eigenvalue weighted by Gasteiger charge is -2.18. The largest absolute Gasteiger partial charge is 0.370 e. The molecule has 3 heterocycles. The summed E-state index contributed by atoms with van der Waals surface area (Å²) in [6, 6.07) is 7.47. The second kappa shape index (κ2) is 6.09. The molecule has 4 rings (SSSR count). The molecule has 1 saturated heterocycles. The monoisotopic (exact) mass is 326 g/mol. The number of ether oxygens (including phenoxy) is 1. The Morgan fingerprint density at radius 1 is 1.38 bits per heavy atom. The number of nitrogens with one attached hydrogen (secondary N) is 3. The van der Waals surface area contributed by atoms with E-state index in [1.54, 1.807) is 6.20 Å². The zero-order chi connectivity index (χ0) is 16.5. The molecule has 0 radical (unpaired) electrons. The number of fused-ring (bicyclic) bond motifs is 1. The van der Waals surface area contributed by atoms with Crippen molar-refractivity contribution in [3.8, 4) is 0 Å². The summed E-state index contributed by atoms with van der Waals surface area (Å²) < 4.78 is 5.70. The molecule has 2 aliphatic heterocycles. The Hall–Kier alpha value is -2.67. The molecule has 0 bridgehead atoms. The van der Waals surface area contributed by atoms with Crippen molar-refractivity contribution >= 4 is 17.5 Å². The molecule has 0 unspecified atom stereocenters. The Balaban J connectivity index is 1.40. The summed E-state index contributed by atoms with van der Waals surface area (Å²) in [5.74, 6) is -0.0589. The minimum atomic E-state index is -0.184. The first-order chi connectivity index (χ1) is 11.7. The summed E-state index contributed by atoms with van der Waals surface area (Å²) in [4.78, 5) is 23.8. The van der Waals surface area contributed by atoms with E-state index in [4.69, 9.17) is 4.74 Å². The zero-order valence-corrected chi connectivity index (χ0v) is 13.0. The molecule has 7 nitrogen and oxygen atoms in total. The van der Waals surface area contributed by atoms with Crippen LogP contribution in [-0.2, 0) is 27.2 Å². The summed E-state index contributed by atoms with van der Waals surface area (Å²) in [5, 5.41) is 12.7. The van der Waals surface area contributed by atoms with E-state index in [9.17, 15) is 9.59 Å². The fraction of sp³-hybridized carbons (Fsp3) is 0.353. The third-order valence-corrected chi connectivity index (χ3v) is 4.43. The topological polar surface area (TPSA) is 96.1 Å². The fourth-order valence-corrected chi connectivity index (χ4v) is 3.28. The van der Waals surface area contributed by atoms with E-state index >= 15 is 0 Å². The van der Waals surface area contributed by atoms with Gasteiger partial charge in [-0.3, -0.25) is 14.7 Å². The number of amides is 2. The number of nitrogens with zero attached hydrogens (tertiary/aromatic N) is 1. The minimum absolute atomic E-state index is 0.00268. The predicted molar refractivity (Wildman–Crippen MR) is 86.3 cm³/mol. The van der Waals surface area contributed by atoms with Crippen LogP contribution in [0.1, 0.15) is 29.3 Å². The van der Waals surface area contributed by atoms with Gasteiger partial charge in [0.1, 0.15) is 6.10 Å². The van der Waals surface area contributed by atoms with Crippen molar-refractivity contribution in [1.82, 2.24) is 15.5 Å². The van der Waals surface area contributed by atoms with Crippen molar-refractivity contribution in [2.24, 2.45) is 0 Å². The molecule has 7 heteroatoms. The van der Waals surface area contributed by atoms with Gasteiger partial charge in [0.05, 0.1) is 24.6 Å². The maximum atomic E-state index is 12.4. The molecule has 1 aromatic heterocycles. The first-order valence-corrected chi connectivity index (χ1v) is 8.01. The maximum absolute atomic E-state index is 12.4. The number of hydrogen-bond acceptors (Lipinski definition) is 4. The van der Waals surface area contributed by atoms with E-state index < -0.39 is 0 Å². The van der Waals surface area contributed by atoms with E-state index in [0.717, 1.165) is 28.9 Å². The third-order valence-electron chi connectivity index (χ3n) is 4.43. The summed E-state index contributed by atoms with van der Waals surface area (Å²) in [7, 11) is 0. The zero-order valence-electron chi connectivity index (χ0n) is 13.0. The number of anilines is 1. The van der Waals surface area contributed by atoms with Crippen molar-refractivity contribution in [1.29, 1.82) is 0 Å². The molecule has 124 valence electrons. The Morgan fingerprint density at radius 2 is 2.29 bits per heavy atom. The normalized spacial score (nSPS) is 22.2. The molecule has 1 aromatic carbocycles. The standard InChI is InChI=1S/C17H18N4O3/c22-15(8-10-1-2-11-9-16(23)20-14(11)7-10)19-12-4-6-24-17(12)13-3-5-18-21-13/h1-3,5,7,12,17H,4,6,8-9H2,(H,18,21)(H,19,22)(H,20,23)/t12-,17-/m1/s1. The van der Waals surface area contributed by atoms with Gasteiger partial charge in [-0.2, -0.15) is 5.10 Å². The van der Waals surface area contributed by atoms with E-state index in [0.29, 0.717) is 13.0 Å². The Morgan fingerprint density at radius 3 is 3.12 bits per heavy atom.